The molecule has 0 N–H and O–H groups in total. The first-order chi connectivity index (χ1) is 8.24. The minimum atomic E-state index is -0.380. The molecule has 0 radical (unpaired) electrons. The lowest BCUT2D eigenvalue weighted by Gasteiger charge is -2.41. The number of nitrogens with zero attached hydrogens (tertiary/aromatic N) is 1. The van der Waals surface area contributed by atoms with Crippen molar-refractivity contribution >= 4 is 5.97 Å². The highest BCUT2D eigenvalue weighted by Crippen LogP contribution is 2.45. The average Bonchev–Trinajstić information content (AvgIpc) is 2.51. The second kappa shape index (κ2) is 4.52. The molecule has 1 aliphatic carbocycles. The van der Waals surface area contributed by atoms with E-state index in [-0.39, 0.29) is 23.0 Å². The third kappa shape index (κ3) is 2.29. The van der Waals surface area contributed by atoms with Crippen LogP contribution < -0.4 is 0 Å². The summed E-state index contributed by atoms with van der Waals surface area (Å²) in [5.74, 6) is 0.535. The van der Waals surface area contributed by atoms with E-state index >= 15 is 0 Å². The Kier molecular flexibility index (Phi) is 3.48. The van der Waals surface area contributed by atoms with Crippen LogP contribution in [0.3, 0.4) is 0 Å². The fourth-order valence-electron chi connectivity index (χ4n) is 3.46. The van der Waals surface area contributed by atoms with Gasteiger partial charge >= 0.3 is 5.97 Å². The van der Waals surface area contributed by atoms with Crippen LogP contribution in [0.25, 0.3) is 0 Å². The summed E-state index contributed by atoms with van der Waals surface area (Å²) in [6, 6.07) is 0.227. The van der Waals surface area contributed by atoms with E-state index in [0.717, 1.165) is 0 Å². The first-order valence-electron chi connectivity index (χ1n) is 7.26. The smallest absolute Gasteiger partial charge is 0.332 e. The zero-order valence-corrected chi connectivity index (χ0v) is 12.5. The summed E-state index contributed by atoms with van der Waals surface area (Å²) in [5.41, 5.74) is -0.499. The van der Waals surface area contributed by atoms with Crippen molar-refractivity contribution in [2.24, 2.45) is 11.3 Å². The molecule has 2 fully saturated rings. The normalized spacial score (nSPS) is 30.5. The fraction of sp³-hybridized carbons (Fsp3) is 0.933. The molecule has 0 aromatic rings. The summed E-state index contributed by atoms with van der Waals surface area (Å²) >= 11 is 0. The molecule has 1 heterocycles. The molecule has 3 heteroatoms. The summed E-state index contributed by atoms with van der Waals surface area (Å²) in [6.45, 7) is 10.5. The topological polar surface area (TPSA) is 29.5 Å². The van der Waals surface area contributed by atoms with Crippen molar-refractivity contribution in [1.29, 1.82) is 0 Å². The molecule has 0 aromatic heterocycles. The number of carbonyl (C=O) groups excluding carboxylic acids is 1. The second-order valence-electron chi connectivity index (χ2n) is 7.44. The minimum absolute atomic E-state index is 0.0620. The van der Waals surface area contributed by atoms with Gasteiger partial charge in [-0.15, -0.1) is 5.06 Å². The summed E-state index contributed by atoms with van der Waals surface area (Å²) in [5, 5.41) is 1.98. The van der Waals surface area contributed by atoms with Gasteiger partial charge in [-0.1, -0.05) is 19.3 Å². The molecular weight excluding hydrogens is 226 g/mol. The highest BCUT2D eigenvalue weighted by molar-refractivity contribution is 5.78. The molecule has 1 atom stereocenters. The molecule has 0 bridgehead atoms. The van der Waals surface area contributed by atoms with Gasteiger partial charge < -0.3 is 4.84 Å². The van der Waals surface area contributed by atoms with Crippen molar-refractivity contribution in [3.8, 4) is 0 Å². The molecule has 2 aliphatic rings. The highest BCUT2D eigenvalue weighted by atomic mass is 16.7. The maximum absolute atomic E-state index is 12.1. The van der Waals surface area contributed by atoms with Gasteiger partial charge in [0.2, 0.25) is 0 Å². The van der Waals surface area contributed by atoms with Gasteiger partial charge in [0.15, 0.2) is 0 Å². The Bertz CT molecular complexity index is 324. The highest BCUT2D eigenvalue weighted by Gasteiger charge is 2.56. The summed E-state index contributed by atoms with van der Waals surface area (Å²) in [7, 11) is 0. The number of carbonyl (C=O) groups is 1. The van der Waals surface area contributed by atoms with Gasteiger partial charge in [0.25, 0.3) is 0 Å². The standard InChI is InChI=1S/C15H27NO2/c1-14(2,3)16-12(11-9-7-6-8-10-11)15(4,5)13(17)18-16/h11-12H,6-10H2,1-5H3. The quantitative estimate of drug-likeness (QED) is 0.716. The monoisotopic (exact) mass is 253 g/mol. The van der Waals surface area contributed by atoms with Gasteiger partial charge in [0.1, 0.15) is 0 Å². The largest absolute Gasteiger partial charge is 0.366 e. The molecule has 0 aromatic carbocycles. The first-order valence-corrected chi connectivity index (χ1v) is 7.26. The van der Waals surface area contributed by atoms with E-state index in [1.54, 1.807) is 0 Å². The molecule has 1 saturated carbocycles. The van der Waals surface area contributed by atoms with Gasteiger partial charge in [-0.3, -0.25) is 0 Å². The predicted molar refractivity (Wildman–Crippen MR) is 71.8 cm³/mol. The van der Waals surface area contributed by atoms with Crippen molar-refractivity contribution in [2.45, 2.75) is 78.3 Å². The lowest BCUT2D eigenvalue weighted by molar-refractivity contribution is -0.205. The molecular formula is C15H27NO2. The van der Waals surface area contributed by atoms with Crippen molar-refractivity contribution in [3.63, 3.8) is 0 Å². The van der Waals surface area contributed by atoms with E-state index in [0.29, 0.717) is 5.92 Å². The molecule has 0 spiro atoms. The Labute approximate surface area is 111 Å². The van der Waals surface area contributed by atoms with Crippen LogP contribution in [0.1, 0.15) is 66.7 Å². The van der Waals surface area contributed by atoms with Gasteiger partial charge in [0.05, 0.1) is 11.5 Å². The summed E-state index contributed by atoms with van der Waals surface area (Å²) < 4.78 is 0. The van der Waals surface area contributed by atoms with Crippen LogP contribution in [0.15, 0.2) is 0 Å². The van der Waals surface area contributed by atoms with E-state index in [9.17, 15) is 4.79 Å². The van der Waals surface area contributed by atoms with E-state index in [4.69, 9.17) is 4.84 Å². The molecule has 1 unspecified atom stereocenters. The minimum Gasteiger partial charge on any atom is -0.366 e. The van der Waals surface area contributed by atoms with Crippen LogP contribution in [0.4, 0.5) is 0 Å². The van der Waals surface area contributed by atoms with E-state index in [2.05, 4.69) is 20.8 Å². The Morgan fingerprint density at radius 1 is 1.17 bits per heavy atom. The predicted octanol–water partition coefficient (Wildman–Crippen LogP) is 3.53. The van der Waals surface area contributed by atoms with Gasteiger partial charge in [-0.25, -0.2) is 4.79 Å². The third-order valence-corrected chi connectivity index (χ3v) is 4.46. The van der Waals surface area contributed by atoms with E-state index in [1.807, 2.05) is 18.9 Å². The molecule has 104 valence electrons. The Balaban J connectivity index is 2.28. The Morgan fingerprint density at radius 2 is 1.72 bits per heavy atom. The number of hydroxylamine groups is 2. The van der Waals surface area contributed by atoms with Crippen LogP contribution in [0.5, 0.6) is 0 Å². The summed E-state index contributed by atoms with van der Waals surface area (Å²) in [4.78, 5) is 17.7. The maximum Gasteiger partial charge on any atom is 0.332 e. The lowest BCUT2D eigenvalue weighted by Crippen LogP contribution is -2.51. The molecule has 2 rings (SSSR count). The van der Waals surface area contributed by atoms with E-state index in [1.165, 1.54) is 32.1 Å². The molecule has 1 saturated heterocycles. The van der Waals surface area contributed by atoms with Crippen molar-refractivity contribution in [2.75, 3.05) is 0 Å². The van der Waals surface area contributed by atoms with Crippen LogP contribution in [-0.2, 0) is 9.63 Å². The van der Waals surface area contributed by atoms with Crippen molar-refractivity contribution < 1.29 is 9.63 Å². The number of rotatable bonds is 1. The Morgan fingerprint density at radius 3 is 2.22 bits per heavy atom. The lowest BCUT2D eigenvalue weighted by atomic mass is 9.72. The first kappa shape index (κ1) is 13.9. The number of hydrogen-bond acceptors (Lipinski definition) is 3. The van der Waals surface area contributed by atoms with E-state index < -0.39 is 0 Å². The second-order valence-corrected chi connectivity index (χ2v) is 7.44. The van der Waals surface area contributed by atoms with Crippen LogP contribution in [0, 0.1) is 11.3 Å². The van der Waals surface area contributed by atoms with Gasteiger partial charge in [-0.05, 0) is 53.4 Å². The van der Waals surface area contributed by atoms with Crippen LogP contribution in [0.2, 0.25) is 0 Å². The van der Waals surface area contributed by atoms with Gasteiger partial charge in [-0.2, -0.15) is 0 Å². The zero-order chi connectivity index (χ0) is 13.6. The van der Waals surface area contributed by atoms with Crippen molar-refractivity contribution in [3.05, 3.63) is 0 Å². The van der Waals surface area contributed by atoms with Crippen molar-refractivity contribution in [1.82, 2.24) is 5.06 Å². The summed E-state index contributed by atoms with van der Waals surface area (Å²) in [6.07, 6.45) is 6.40. The van der Waals surface area contributed by atoms with Crippen LogP contribution >= 0.6 is 0 Å². The Hall–Kier alpha value is -0.570. The third-order valence-electron chi connectivity index (χ3n) is 4.46. The zero-order valence-electron chi connectivity index (χ0n) is 12.5. The maximum atomic E-state index is 12.1. The molecule has 3 nitrogen and oxygen atoms in total. The molecule has 1 aliphatic heterocycles. The SMILES string of the molecule is CC1(C)C(=O)ON(C(C)(C)C)C1C1CCCCC1. The fourth-order valence-corrected chi connectivity index (χ4v) is 3.46. The van der Waals surface area contributed by atoms with Crippen LogP contribution in [-0.4, -0.2) is 22.6 Å². The van der Waals surface area contributed by atoms with Gasteiger partial charge in [0, 0.05) is 5.54 Å². The molecule has 18 heavy (non-hydrogen) atoms. The molecule has 0 amide bonds. The number of hydrogen-bond donors (Lipinski definition) is 0. The average molecular weight is 253 g/mol.